The fraction of sp³-hybridized carbons (Fsp3) is 0.435. The molecule has 1 aliphatic rings. The van der Waals surface area contributed by atoms with Crippen LogP contribution in [0.4, 0.5) is 19.1 Å². The van der Waals surface area contributed by atoms with Gasteiger partial charge in [0.25, 0.3) is 5.82 Å². The summed E-state index contributed by atoms with van der Waals surface area (Å²) in [6.45, 7) is 10.4. The van der Waals surface area contributed by atoms with Crippen LogP contribution in [0.2, 0.25) is 0 Å². The van der Waals surface area contributed by atoms with Crippen LogP contribution in [0, 0.1) is 32.5 Å². The summed E-state index contributed by atoms with van der Waals surface area (Å²) in [7, 11) is 0. The first-order valence-corrected chi connectivity index (χ1v) is 11.6. The van der Waals surface area contributed by atoms with Crippen LogP contribution in [0.3, 0.4) is 0 Å². The second kappa shape index (κ2) is 9.86. The molecule has 8 nitrogen and oxygen atoms in total. The van der Waals surface area contributed by atoms with Gasteiger partial charge in [0.05, 0.1) is 12.9 Å². The maximum Gasteiger partial charge on any atom is 0.453 e. The fourth-order valence-electron chi connectivity index (χ4n) is 3.87. The number of nitrogens with zero attached hydrogens (tertiary/aromatic N) is 8. The second-order valence-corrected chi connectivity index (χ2v) is 9.07. The topological polar surface area (TPSA) is 67.4 Å². The van der Waals surface area contributed by atoms with Crippen molar-refractivity contribution in [3.63, 3.8) is 0 Å². The van der Waals surface area contributed by atoms with Gasteiger partial charge in [-0.15, -0.1) is 5.10 Å². The lowest BCUT2D eigenvalue weighted by Crippen LogP contribution is -2.47. The Hall–Kier alpha value is -3.12. The molecule has 1 fully saturated rings. The lowest BCUT2D eigenvalue weighted by atomic mass is 10.1. The zero-order valence-corrected chi connectivity index (χ0v) is 20.9. The molecule has 1 aliphatic heterocycles. The number of anilines is 1. The molecule has 0 aliphatic carbocycles. The Labute approximate surface area is 206 Å². The summed E-state index contributed by atoms with van der Waals surface area (Å²) in [5.74, 6) is -0.479. The molecule has 0 saturated carbocycles. The van der Waals surface area contributed by atoms with E-state index >= 15 is 0 Å². The molecular formula is C23H27F3N8S. The summed E-state index contributed by atoms with van der Waals surface area (Å²) in [5.41, 5.74) is 4.59. The van der Waals surface area contributed by atoms with Crippen molar-refractivity contribution in [3.8, 4) is 0 Å². The fourth-order valence-corrected chi connectivity index (χ4v) is 4.10. The monoisotopic (exact) mass is 504 g/mol. The van der Waals surface area contributed by atoms with E-state index in [1.807, 2.05) is 50.8 Å². The Bertz CT molecular complexity index is 1280. The number of halogens is 3. The molecule has 3 heterocycles. The minimum Gasteiger partial charge on any atom is -0.338 e. The van der Waals surface area contributed by atoms with Crippen LogP contribution >= 0.6 is 12.2 Å². The standard InChI is InChI=1S/C23H27F3N8S/c1-15-5-6-19(11-16(15)2)13-27-34-20(23(24,25)26)30-33(22(34)35)14-31-7-9-32(10-8-31)21-28-17(3)12-18(4)29-21/h5-6,11-13H,7-10,14H2,1-4H3/b27-13+. The van der Waals surface area contributed by atoms with Gasteiger partial charge in [0.2, 0.25) is 10.7 Å². The number of aromatic nitrogens is 5. The van der Waals surface area contributed by atoms with Crippen LogP contribution in [-0.2, 0) is 12.8 Å². The first-order valence-electron chi connectivity index (χ1n) is 11.2. The first-order chi connectivity index (χ1) is 16.5. The highest BCUT2D eigenvalue weighted by Crippen LogP contribution is 2.28. The summed E-state index contributed by atoms with van der Waals surface area (Å²) in [5, 5.41) is 7.81. The van der Waals surface area contributed by atoms with E-state index in [2.05, 4.69) is 25.1 Å². The Kier molecular flexibility index (Phi) is 7.04. The van der Waals surface area contributed by atoms with Crippen LogP contribution < -0.4 is 4.90 Å². The van der Waals surface area contributed by atoms with Gasteiger partial charge in [-0.25, -0.2) is 14.6 Å². The van der Waals surface area contributed by atoms with Crippen LogP contribution in [0.5, 0.6) is 0 Å². The normalized spacial score (nSPS) is 15.3. The van der Waals surface area contributed by atoms with Crippen LogP contribution in [0.15, 0.2) is 29.4 Å². The summed E-state index contributed by atoms with van der Waals surface area (Å²) in [6, 6.07) is 7.47. The van der Waals surface area contributed by atoms with Crippen molar-refractivity contribution in [2.24, 2.45) is 5.10 Å². The number of hydrogen-bond donors (Lipinski definition) is 0. The third kappa shape index (κ3) is 5.76. The molecule has 3 aromatic rings. The minimum absolute atomic E-state index is 0.113. The third-order valence-corrected chi connectivity index (χ3v) is 6.27. The molecule has 0 bridgehead atoms. The molecule has 12 heteroatoms. The Morgan fingerprint density at radius 2 is 1.63 bits per heavy atom. The average molecular weight is 505 g/mol. The molecule has 0 amide bonds. The molecule has 0 spiro atoms. The molecule has 0 unspecified atom stereocenters. The number of benzene rings is 1. The summed E-state index contributed by atoms with van der Waals surface area (Å²) >= 11 is 5.33. The molecule has 0 N–H and O–H groups in total. The molecule has 35 heavy (non-hydrogen) atoms. The van der Waals surface area contributed by atoms with Crippen molar-refractivity contribution in [1.29, 1.82) is 0 Å². The molecule has 186 valence electrons. The van der Waals surface area contributed by atoms with Gasteiger partial charge in [-0.1, -0.05) is 18.2 Å². The highest BCUT2D eigenvalue weighted by Gasteiger charge is 2.39. The Morgan fingerprint density at radius 1 is 0.971 bits per heavy atom. The van der Waals surface area contributed by atoms with E-state index in [1.165, 1.54) is 10.9 Å². The van der Waals surface area contributed by atoms with Crippen molar-refractivity contribution in [2.75, 3.05) is 31.1 Å². The maximum atomic E-state index is 13.7. The zero-order chi connectivity index (χ0) is 25.3. The van der Waals surface area contributed by atoms with E-state index < -0.39 is 12.0 Å². The highest BCUT2D eigenvalue weighted by atomic mass is 32.1. The van der Waals surface area contributed by atoms with Gasteiger partial charge < -0.3 is 4.90 Å². The van der Waals surface area contributed by atoms with E-state index in [9.17, 15) is 13.2 Å². The van der Waals surface area contributed by atoms with Gasteiger partial charge in [-0.2, -0.15) is 22.9 Å². The molecule has 0 atom stereocenters. The van der Waals surface area contributed by atoms with Crippen molar-refractivity contribution < 1.29 is 13.2 Å². The molecular weight excluding hydrogens is 477 g/mol. The van der Waals surface area contributed by atoms with Gasteiger partial charge in [-0.3, -0.25) is 4.90 Å². The smallest absolute Gasteiger partial charge is 0.338 e. The molecule has 1 saturated heterocycles. The van der Waals surface area contributed by atoms with Gasteiger partial charge in [0.1, 0.15) is 0 Å². The van der Waals surface area contributed by atoms with E-state index in [4.69, 9.17) is 12.2 Å². The van der Waals surface area contributed by atoms with E-state index in [0.717, 1.165) is 22.5 Å². The van der Waals surface area contributed by atoms with Crippen LogP contribution in [-0.4, -0.2) is 61.7 Å². The molecule has 1 aromatic carbocycles. The van der Waals surface area contributed by atoms with E-state index in [0.29, 0.717) is 42.4 Å². The van der Waals surface area contributed by atoms with Crippen molar-refractivity contribution in [1.82, 2.24) is 29.3 Å². The lowest BCUT2D eigenvalue weighted by molar-refractivity contribution is -0.147. The quantitative estimate of drug-likeness (QED) is 0.385. The number of aryl methyl sites for hydroxylation is 4. The average Bonchev–Trinajstić information content (AvgIpc) is 3.10. The Morgan fingerprint density at radius 3 is 2.23 bits per heavy atom. The Balaban J connectivity index is 1.51. The summed E-state index contributed by atoms with van der Waals surface area (Å²) in [4.78, 5) is 13.1. The van der Waals surface area contributed by atoms with Crippen LogP contribution in [0.25, 0.3) is 0 Å². The van der Waals surface area contributed by atoms with Gasteiger partial charge in [-0.05, 0) is 62.7 Å². The molecule has 2 aromatic heterocycles. The number of alkyl halides is 3. The predicted octanol–water partition coefficient (Wildman–Crippen LogP) is 4.12. The maximum absolute atomic E-state index is 13.7. The first kappa shape index (κ1) is 25.0. The molecule has 0 radical (unpaired) electrons. The largest absolute Gasteiger partial charge is 0.453 e. The second-order valence-electron chi connectivity index (χ2n) is 8.70. The van der Waals surface area contributed by atoms with Crippen molar-refractivity contribution >= 4 is 24.4 Å². The summed E-state index contributed by atoms with van der Waals surface area (Å²) in [6.07, 6.45) is -3.33. The van der Waals surface area contributed by atoms with Gasteiger partial charge >= 0.3 is 6.18 Å². The summed E-state index contributed by atoms with van der Waals surface area (Å²) < 4.78 is 42.9. The lowest BCUT2D eigenvalue weighted by Gasteiger charge is -2.34. The highest BCUT2D eigenvalue weighted by molar-refractivity contribution is 7.71. The van der Waals surface area contributed by atoms with E-state index in [-0.39, 0.29) is 11.4 Å². The molecule has 4 rings (SSSR count). The SMILES string of the molecule is Cc1cc(C)nc(N2CCN(Cn3nc(C(F)(F)F)n(/N=C/c4ccc(C)c(C)c4)c3=S)CC2)n1. The van der Waals surface area contributed by atoms with Gasteiger partial charge in [0.15, 0.2) is 0 Å². The minimum atomic E-state index is -4.70. The number of hydrogen-bond acceptors (Lipinski definition) is 7. The predicted molar refractivity (Wildman–Crippen MR) is 130 cm³/mol. The zero-order valence-electron chi connectivity index (χ0n) is 20.0. The van der Waals surface area contributed by atoms with Crippen molar-refractivity contribution in [2.45, 2.75) is 40.5 Å². The van der Waals surface area contributed by atoms with Crippen molar-refractivity contribution in [3.05, 3.63) is 62.9 Å². The van der Waals surface area contributed by atoms with E-state index in [1.54, 1.807) is 6.07 Å². The van der Waals surface area contributed by atoms with Gasteiger partial charge in [0, 0.05) is 37.6 Å². The number of rotatable bonds is 5. The number of piperazine rings is 1. The van der Waals surface area contributed by atoms with Crippen LogP contribution in [0.1, 0.15) is 33.9 Å². The third-order valence-electron chi connectivity index (χ3n) is 5.88.